The summed E-state index contributed by atoms with van der Waals surface area (Å²) in [6.07, 6.45) is 0. The number of hydrogen-bond acceptors (Lipinski definition) is 3. The van der Waals surface area contributed by atoms with Crippen molar-refractivity contribution in [1.29, 1.82) is 0 Å². The minimum absolute atomic E-state index is 0.478. The second-order valence-corrected chi connectivity index (χ2v) is 4.57. The molecule has 0 bridgehead atoms. The van der Waals surface area contributed by atoms with Crippen molar-refractivity contribution in [2.75, 3.05) is 19.1 Å². The number of anilines is 1. The van der Waals surface area contributed by atoms with Crippen LogP contribution in [0.1, 0.15) is 18.1 Å². The third-order valence-corrected chi connectivity index (χ3v) is 3.23. The molecular weight excluding hydrogens is 246 g/mol. The summed E-state index contributed by atoms with van der Waals surface area (Å²) in [6, 6.07) is 3.65. The largest absolute Gasteiger partial charge is 0.495 e. The summed E-state index contributed by atoms with van der Waals surface area (Å²) in [7, 11) is 3.07. The first-order valence-electron chi connectivity index (χ1n) is 5.95. The number of methoxy groups -OCH3 is 1. The van der Waals surface area contributed by atoms with Gasteiger partial charge in [-0.15, -0.1) is 0 Å². The van der Waals surface area contributed by atoms with Gasteiger partial charge < -0.3 is 14.7 Å². The molecule has 0 saturated heterocycles. The predicted octanol–water partition coefficient (Wildman–Crippen LogP) is 2.00. The smallest absolute Gasteiger partial charge is 0.315 e. The van der Waals surface area contributed by atoms with Gasteiger partial charge in [0, 0.05) is 7.05 Å². The van der Waals surface area contributed by atoms with Gasteiger partial charge in [0.2, 0.25) is 5.91 Å². The summed E-state index contributed by atoms with van der Waals surface area (Å²) >= 11 is 0. The lowest BCUT2D eigenvalue weighted by Crippen LogP contribution is -2.35. The van der Waals surface area contributed by atoms with E-state index in [0.717, 1.165) is 11.1 Å². The van der Waals surface area contributed by atoms with Gasteiger partial charge in [-0.3, -0.25) is 9.59 Å². The molecule has 1 N–H and O–H groups in total. The highest BCUT2D eigenvalue weighted by Crippen LogP contribution is 2.31. The number of benzene rings is 1. The Morgan fingerprint density at radius 2 is 1.79 bits per heavy atom. The molecule has 0 saturated carbocycles. The first-order chi connectivity index (χ1) is 8.79. The summed E-state index contributed by atoms with van der Waals surface area (Å²) in [5, 5.41) is 8.89. The minimum atomic E-state index is -1.14. The fraction of sp³-hybridized carbons (Fsp3) is 0.429. The zero-order valence-corrected chi connectivity index (χ0v) is 11.9. The topological polar surface area (TPSA) is 66.8 Å². The third kappa shape index (κ3) is 3.05. The highest BCUT2D eigenvalue weighted by atomic mass is 16.5. The number of amides is 1. The second-order valence-electron chi connectivity index (χ2n) is 4.57. The molecule has 0 radical (unpaired) electrons. The minimum Gasteiger partial charge on any atom is -0.495 e. The van der Waals surface area contributed by atoms with Crippen molar-refractivity contribution in [3.8, 4) is 5.75 Å². The SMILES string of the molecule is COc1cc(C)c(C)cc1N(C)C(=O)C(C)C(=O)O. The van der Waals surface area contributed by atoms with E-state index in [1.54, 1.807) is 7.05 Å². The van der Waals surface area contributed by atoms with E-state index >= 15 is 0 Å². The highest BCUT2D eigenvalue weighted by molar-refractivity contribution is 6.05. The van der Waals surface area contributed by atoms with Crippen molar-refractivity contribution in [2.24, 2.45) is 5.92 Å². The molecule has 5 heteroatoms. The Kier molecular flexibility index (Phi) is 4.53. The lowest BCUT2D eigenvalue weighted by atomic mass is 10.1. The Morgan fingerprint density at radius 3 is 2.26 bits per heavy atom. The van der Waals surface area contributed by atoms with E-state index in [2.05, 4.69) is 0 Å². The average Bonchev–Trinajstić information content (AvgIpc) is 2.38. The molecular formula is C14H19NO4. The zero-order chi connectivity index (χ0) is 14.7. The van der Waals surface area contributed by atoms with Crippen molar-refractivity contribution < 1.29 is 19.4 Å². The Labute approximate surface area is 112 Å². The van der Waals surface area contributed by atoms with E-state index < -0.39 is 17.8 Å². The number of hydrogen-bond donors (Lipinski definition) is 1. The number of aryl methyl sites for hydroxylation is 2. The Balaban J connectivity index is 3.18. The van der Waals surface area contributed by atoms with E-state index in [-0.39, 0.29) is 0 Å². The van der Waals surface area contributed by atoms with Crippen LogP contribution in [0.4, 0.5) is 5.69 Å². The third-order valence-electron chi connectivity index (χ3n) is 3.23. The Morgan fingerprint density at radius 1 is 1.26 bits per heavy atom. The molecule has 0 aliphatic carbocycles. The van der Waals surface area contributed by atoms with E-state index in [1.807, 2.05) is 26.0 Å². The summed E-state index contributed by atoms with van der Waals surface area (Å²) in [5.74, 6) is -2.15. The van der Waals surface area contributed by atoms with Crippen LogP contribution in [0.2, 0.25) is 0 Å². The Bertz CT molecular complexity index is 510. The number of carboxylic acids is 1. The molecule has 5 nitrogen and oxygen atoms in total. The highest BCUT2D eigenvalue weighted by Gasteiger charge is 2.26. The van der Waals surface area contributed by atoms with E-state index in [4.69, 9.17) is 9.84 Å². The first kappa shape index (κ1) is 15.0. The van der Waals surface area contributed by atoms with Gasteiger partial charge >= 0.3 is 5.97 Å². The van der Waals surface area contributed by atoms with Gasteiger partial charge in [0.25, 0.3) is 0 Å². The number of ether oxygens (including phenoxy) is 1. The lowest BCUT2D eigenvalue weighted by molar-refractivity contribution is -0.145. The van der Waals surface area contributed by atoms with Crippen LogP contribution in [0.25, 0.3) is 0 Å². The van der Waals surface area contributed by atoms with Crippen LogP contribution in [0.3, 0.4) is 0 Å². The van der Waals surface area contributed by atoms with Gasteiger partial charge in [0.1, 0.15) is 11.7 Å². The number of carboxylic acid groups (broad SMARTS) is 1. The quantitative estimate of drug-likeness (QED) is 0.845. The maximum absolute atomic E-state index is 12.0. The first-order valence-corrected chi connectivity index (χ1v) is 5.95. The van der Waals surface area contributed by atoms with Crippen LogP contribution >= 0.6 is 0 Å². The number of carbonyl (C=O) groups excluding carboxylic acids is 1. The predicted molar refractivity (Wildman–Crippen MR) is 72.7 cm³/mol. The van der Waals surface area contributed by atoms with Gasteiger partial charge in [-0.05, 0) is 44.0 Å². The monoisotopic (exact) mass is 265 g/mol. The van der Waals surface area contributed by atoms with Gasteiger partial charge in [0.05, 0.1) is 12.8 Å². The molecule has 1 amide bonds. The van der Waals surface area contributed by atoms with E-state index in [0.29, 0.717) is 11.4 Å². The lowest BCUT2D eigenvalue weighted by Gasteiger charge is -2.23. The van der Waals surface area contributed by atoms with Crippen molar-refractivity contribution in [3.63, 3.8) is 0 Å². The molecule has 0 heterocycles. The maximum atomic E-state index is 12.0. The Hall–Kier alpha value is -2.04. The van der Waals surface area contributed by atoms with Crippen molar-refractivity contribution >= 4 is 17.6 Å². The molecule has 0 aliphatic heterocycles. The molecule has 1 unspecified atom stereocenters. The van der Waals surface area contributed by atoms with Crippen molar-refractivity contribution in [1.82, 2.24) is 0 Å². The van der Waals surface area contributed by atoms with Crippen molar-refractivity contribution in [2.45, 2.75) is 20.8 Å². The summed E-state index contributed by atoms with van der Waals surface area (Å²) in [4.78, 5) is 24.2. The summed E-state index contributed by atoms with van der Waals surface area (Å²) in [5.41, 5.74) is 2.63. The second kappa shape index (κ2) is 5.73. The van der Waals surface area contributed by atoms with Crippen molar-refractivity contribution in [3.05, 3.63) is 23.3 Å². The molecule has 104 valence electrons. The maximum Gasteiger partial charge on any atom is 0.315 e. The number of nitrogens with zero attached hydrogens (tertiary/aromatic N) is 1. The molecule has 1 aromatic carbocycles. The van der Waals surface area contributed by atoms with Crippen LogP contribution in [0.15, 0.2) is 12.1 Å². The molecule has 19 heavy (non-hydrogen) atoms. The van der Waals surface area contributed by atoms with Crippen LogP contribution in [0, 0.1) is 19.8 Å². The van der Waals surface area contributed by atoms with Gasteiger partial charge in [-0.1, -0.05) is 0 Å². The average molecular weight is 265 g/mol. The molecule has 0 fully saturated rings. The number of carbonyl (C=O) groups is 2. The normalized spacial score (nSPS) is 11.8. The van der Waals surface area contributed by atoms with Gasteiger partial charge in [-0.2, -0.15) is 0 Å². The standard InChI is InChI=1S/C14H19NO4/c1-8-6-11(12(19-5)7-9(8)2)15(4)13(16)10(3)14(17)18/h6-7,10H,1-5H3,(H,17,18). The van der Waals surface area contributed by atoms with E-state index in [9.17, 15) is 9.59 Å². The number of aliphatic carboxylic acids is 1. The molecule has 1 rings (SSSR count). The van der Waals surface area contributed by atoms with Crippen LogP contribution in [0.5, 0.6) is 5.75 Å². The van der Waals surface area contributed by atoms with Crippen LogP contribution in [-0.2, 0) is 9.59 Å². The fourth-order valence-corrected chi connectivity index (χ4v) is 1.71. The van der Waals surface area contributed by atoms with Crippen LogP contribution in [-0.4, -0.2) is 31.1 Å². The molecule has 0 aromatic heterocycles. The fourth-order valence-electron chi connectivity index (χ4n) is 1.71. The van der Waals surface area contributed by atoms with Crippen LogP contribution < -0.4 is 9.64 Å². The molecule has 1 aromatic rings. The molecule has 0 aliphatic rings. The number of rotatable bonds is 4. The zero-order valence-electron chi connectivity index (χ0n) is 11.9. The molecule has 1 atom stereocenters. The van der Waals surface area contributed by atoms with E-state index in [1.165, 1.54) is 18.9 Å². The summed E-state index contributed by atoms with van der Waals surface area (Å²) in [6.45, 7) is 5.25. The molecule has 0 spiro atoms. The van der Waals surface area contributed by atoms with Gasteiger partial charge in [0.15, 0.2) is 0 Å². The van der Waals surface area contributed by atoms with Gasteiger partial charge in [-0.25, -0.2) is 0 Å². The summed E-state index contributed by atoms with van der Waals surface area (Å²) < 4.78 is 5.25.